The van der Waals surface area contributed by atoms with Crippen molar-refractivity contribution in [2.45, 2.75) is 43.9 Å². The summed E-state index contributed by atoms with van der Waals surface area (Å²) in [7, 11) is 1.46. The number of nitrogens with one attached hydrogen (secondary N) is 1. The Morgan fingerprint density at radius 3 is 2.61 bits per heavy atom. The first kappa shape index (κ1) is 16.1. The summed E-state index contributed by atoms with van der Waals surface area (Å²) in [5, 5.41) is 4.43. The maximum Gasteiger partial charge on any atom is 0.379 e. The molecule has 2 bridgehead atoms. The molecule has 2 saturated heterocycles. The van der Waals surface area contributed by atoms with Gasteiger partial charge in [-0.15, -0.1) is 12.4 Å². The summed E-state index contributed by atoms with van der Waals surface area (Å²) in [5.41, 5.74) is 0.0623. The van der Waals surface area contributed by atoms with E-state index in [0.717, 1.165) is 24.0 Å². The fraction of sp³-hybridized carbons (Fsp3) is 0.471. The molecular weight excluding hydrogens is 318 g/mol. The number of rotatable bonds is 3. The van der Waals surface area contributed by atoms with Gasteiger partial charge in [0.25, 0.3) is 0 Å². The van der Waals surface area contributed by atoms with Crippen LogP contribution in [0.4, 0.5) is 0 Å². The molecule has 6 heteroatoms. The van der Waals surface area contributed by atoms with Crippen LogP contribution in [0.3, 0.4) is 0 Å². The minimum absolute atomic E-state index is 0. The van der Waals surface area contributed by atoms with Gasteiger partial charge in [0.1, 0.15) is 17.4 Å². The van der Waals surface area contributed by atoms with Gasteiger partial charge in [0, 0.05) is 23.5 Å². The van der Waals surface area contributed by atoms with E-state index in [1.807, 2.05) is 12.1 Å². The minimum Gasteiger partial charge on any atom is -0.490 e. The first-order chi connectivity index (χ1) is 10.7. The molecule has 2 aromatic rings. The van der Waals surface area contributed by atoms with Crippen LogP contribution >= 0.6 is 12.4 Å². The van der Waals surface area contributed by atoms with E-state index in [4.69, 9.17) is 13.9 Å². The number of hydrogen-bond donors (Lipinski definition) is 1. The van der Waals surface area contributed by atoms with E-state index in [1.165, 1.54) is 20.0 Å². The Morgan fingerprint density at radius 1 is 1.17 bits per heavy atom. The molecule has 1 N–H and O–H groups in total. The molecule has 3 atom stereocenters. The molecule has 3 heterocycles. The van der Waals surface area contributed by atoms with Crippen LogP contribution in [0.5, 0.6) is 11.5 Å². The van der Waals surface area contributed by atoms with E-state index in [0.29, 0.717) is 17.7 Å². The first-order valence-electron chi connectivity index (χ1n) is 7.76. The predicted octanol–water partition coefficient (Wildman–Crippen LogP) is 2.89. The molecule has 0 aliphatic carbocycles. The second kappa shape index (κ2) is 6.42. The zero-order valence-electron chi connectivity index (χ0n) is 12.9. The van der Waals surface area contributed by atoms with Crippen LogP contribution in [0, 0.1) is 0 Å². The SMILES string of the molecule is COc1cc2ccc(OC3C[C@H]4CC[C@@H](C3)N4)cc2oc1=O.Cl. The molecule has 1 unspecified atom stereocenters. The normalized spacial score (nSPS) is 25.9. The van der Waals surface area contributed by atoms with Gasteiger partial charge in [0.2, 0.25) is 5.75 Å². The lowest BCUT2D eigenvalue weighted by Gasteiger charge is -2.29. The molecule has 0 spiro atoms. The molecule has 5 nitrogen and oxygen atoms in total. The molecule has 2 aliphatic heterocycles. The summed E-state index contributed by atoms with van der Waals surface area (Å²) in [6.45, 7) is 0. The molecule has 1 aromatic heterocycles. The van der Waals surface area contributed by atoms with Gasteiger partial charge >= 0.3 is 5.63 Å². The summed E-state index contributed by atoms with van der Waals surface area (Å²) >= 11 is 0. The number of benzene rings is 1. The largest absolute Gasteiger partial charge is 0.490 e. The summed E-state index contributed by atoms with van der Waals surface area (Å²) in [6, 6.07) is 8.48. The fourth-order valence-electron chi connectivity index (χ4n) is 3.58. The van der Waals surface area contributed by atoms with E-state index in [1.54, 1.807) is 12.1 Å². The van der Waals surface area contributed by atoms with Crippen molar-refractivity contribution in [1.29, 1.82) is 0 Å². The van der Waals surface area contributed by atoms with Gasteiger partial charge in [-0.2, -0.15) is 0 Å². The van der Waals surface area contributed by atoms with E-state index in [-0.39, 0.29) is 24.3 Å². The van der Waals surface area contributed by atoms with E-state index in [9.17, 15) is 4.79 Å². The Kier molecular flexibility index (Phi) is 4.50. The highest BCUT2D eigenvalue weighted by molar-refractivity contribution is 5.85. The molecule has 4 rings (SSSR count). The third-order valence-electron chi connectivity index (χ3n) is 4.63. The Bertz CT molecular complexity index is 748. The van der Waals surface area contributed by atoms with E-state index in [2.05, 4.69) is 5.32 Å². The molecule has 0 radical (unpaired) electrons. The molecule has 2 aliphatic rings. The van der Waals surface area contributed by atoms with Crippen LogP contribution in [0.15, 0.2) is 33.5 Å². The van der Waals surface area contributed by atoms with Crippen molar-refractivity contribution < 1.29 is 13.9 Å². The van der Waals surface area contributed by atoms with E-state index < -0.39 is 5.63 Å². The smallest absolute Gasteiger partial charge is 0.379 e. The van der Waals surface area contributed by atoms with Crippen LogP contribution < -0.4 is 20.4 Å². The number of methoxy groups -OCH3 is 1. The molecule has 23 heavy (non-hydrogen) atoms. The Labute approximate surface area is 140 Å². The van der Waals surface area contributed by atoms with Gasteiger partial charge in [-0.1, -0.05) is 0 Å². The minimum atomic E-state index is -0.466. The number of fused-ring (bicyclic) bond motifs is 3. The molecule has 124 valence electrons. The van der Waals surface area contributed by atoms with Crippen molar-refractivity contribution in [1.82, 2.24) is 5.32 Å². The highest BCUT2D eigenvalue weighted by Gasteiger charge is 2.34. The van der Waals surface area contributed by atoms with Crippen LogP contribution in [-0.2, 0) is 0 Å². The summed E-state index contributed by atoms with van der Waals surface area (Å²) in [5.74, 6) is 0.975. The maximum absolute atomic E-state index is 11.7. The Morgan fingerprint density at radius 2 is 1.91 bits per heavy atom. The van der Waals surface area contributed by atoms with Gasteiger partial charge in [-0.25, -0.2) is 4.79 Å². The lowest BCUT2D eigenvalue weighted by molar-refractivity contribution is 0.137. The van der Waals surface area contributed by atoms with Crippen LogP contribution in [0.1, 0.15) is 25.7 Å². The van der Waals surface area contributed by atoms with Crippen molar-refractivity contribution in [3.63, 3.8) is 0 Å². The molecular formula is C17H20ClNO4. The lowest BCUT2D eigenvalue weighted by atomic mass is 10.0. The molecule has 0 amide bonds. The van der Waals surface area contributed by atoms with Crippen LogP contribution in [0.25, 0.3) is 11.0 Å². The second-order valence-electron chi connectivity index (χ2n) is 6.15. The first-order valence-corrected chi connectivity index (χ1v) is 7.76. The third-order valence-corrected chi connectivity index (χ3v) is 4.63. The van der Waals surface area contributed by atoms with Crippen molar-refractivity contribution >= 4 is 23.4 Å². The van der Waals surface area contributed by atoms with Gasteiger partial charge in [-0.3, -0.25) is 0 Å². The highest BCUT2D eigenvalue weighted by atomic mass is 35.5. The summed E-state index contributed by atoms with van der Waals surface area (Å²) < 4.78 is 16.4. The summed E-state index contributed by atoms with van der Waals surface area (Å²) in [4.78, 5) is 11.7. The average Bonchev–Trinajstić information content (AvgIpc) is 2.85. The van der Waals surface area contributed by atoms with Crippen molar-refractivity contribution in [3.8, 4) is 11.5 Å². The molecule has 0 saturated carbocycles. The monoisotopic (exact) mass is 337 g/mol. The Balaban J connectivity index is 0.00000156. The fourth-order valence-corrected chi connectivity index (χ4v) is 3.58. The van der Waals surface area contributed by atoms with Gasteiger partial charge in [0.05, 0.1) is 7.11 Å². The molecule has 1 aromatic carbocycles. The lowest BCUT2D eigenvalue weighted by Crippen LogP contribution is -2.42. The molecule has 2 fully saturated rings. The quantitative estimate of drug-likeness (QED) is 0.873. The van der Waals surface area contributed by atoms with Gasteiger partial charge < -0.3 is 19.2 Å². The zero-order valence-corrected chi connectivity index (χ0v) is 13.7. The third kappa shape index (κ3) is 3.16. The number of ether oxygens (including phenoxy) is 2. The van der Waals surface area contributed by atoms with E-state index >= 15 is 0 Å². The number of halogens is 1. The maximum atomic E-state index is 11.7. The summed E-state index contributed by atoms with van der Waals surface area (Å²) in [6.07, 6.45) is 4.82. The Hall–Kier alpha value is -1.72. The number of piperidine rings is 1. The topological polar surface area (TPSA) is 60.7 Å². The standard InChI is InChI=1S/C17H19NO4.ClH/c1-20-16-6-10-2-5-13(9-15(10)22-17(16)19)21-14-7-11-3-4-12(8-14)18-11;/h2,5-6,9,11-12,14,18H,3-4,7-8H2,1H3;1H/t11-,12+,14?;. The zero-order chi connectivity index (χ0) is 15.1. The van der Waals surface area contributed by atoms with Crippen LogP contribution in [0.2, 0.25) is 0 Å². The van der Waals surface area contributed by atoms with Crippen LogP contribution in [-0.4, -0.2) is 25.3 Å². The average molecular weight is 338 g/mol. The highest BCUT2D eigenvalue weighted by Crippen LogP contribution is 2.30. The van der Waals surface area contributed by atoms with Gasteiger partial charge in [0.15, 0.2) is 0 Å². The van der Waals surface area contributed by atoms with Gasteiger partial charge in [-0.05, 0) is 43.9 Å². The predicted molar refractivity (Wildman–Crippen MR) is 89.9 cm³/mol. The second-order valence-corrected chi connectivity index (χ2v) is 6.15. The van der Waals surface area contributed by atoms with Crippen molar-refractivity contribution in [2.24, 2.45) is 0 Å². The number of hydrogen-bond acceptors (Lipinski definition) is 5. The van der Waals surface area contributed by atoms with Crippen molar-refractivity contribution in [2.75, 3.05) is 7.11 Å². The van der Waals surface area contributed by atoms with Crippen molar-refractivity contribution in [3.05, 3.63) is 34.7 Å².